The summed E-state index contributed by atoms with van der Waals surface area (Å²) in [7, 11) is -19.7. The minimum Gasteiger partial charge on any atom is -0.205 e. The Morgan fingerprint density at radius 2 is 0.561 bits per heavy atom. The van der Waals surface area contributed by atoms with Gasteiger partial charge in [0.05, 0.1) is 19.6 Å². The first-order valence-electron chi connectivity index (χ1n) is 11.4. The number of benzene rings is 4. The fourth-order valence-electron chi connectivity index (χ4n) is 3.30. The van der Waals surface area contributed by atoms with E-state index in [4.69, 9.17) is 4.94 Å². The number of sulfonamides is 4. The largest absolute Gasteiger partial charge is 0.271 e. The molecule has 0 radical (unpaired) electrons. The predicted molar refractivity (Wildman–Crippen MR) is 146 cm³/mol. The first kappa shape index (κ1) is 30.4. The van der Waals surface area contributed by atoms with E-state index in [0.29, 0.717) is 0 Å². The molecule has 0 unspecified atom stereocenters. The van der Waals surface area contributed by atoms with E-state index >= 15 is 0 Å². The number of hydrogen-bond acceptors (Lipinski definition) is 11. The molecule has 0 saturated heterocycles. The molecule has 2 N–H and O–H groups in total. The van der Waals surface area contributed by atoms with Gasteiger partial charge in [0, 0.05) is 7.64 Å². The Balaban J connectivity index is 1.75. The highest BCUT2D eigenvalue weighted by Gasteiger charge is 2.40. The Morgan fingerprint density at radius 1 is 0.366 bits per heavy atom. The van der Waals surface area contributed by atoms with Crippen LogP contribution in [-0.2, 0) is 45.0 Å². The molecule has 0 aliphatic carbocycles. The van der Waals surface area contributed by atoms with Crippen molar-refractivity contribution in [2.45, 2.75) is 19.6 Å². The molecule has 4 rings (SSSR count). The van der Waals surface area contributed by atoms with E-state index in [1.165, 1.54) is 72.8 Å². The van der Waals surface area contributed by atoms with Crippen molar-refractivity contribution in [3.63, 3.8) is 0 Å². The summed E-state index contributed by atoms with van der Waals surface area (Å²) in [5, 5.41) is 0. The van der Waals surface area contributed by atoms with E-state index < -0.39 is 59.7 Å². The van der Waals surface area contributed by atoms with Gasteiger partial charge in [0.15, 0.2) is 0 Å². The van der Waals surface area contributed by atoms with Crippen LogP contribution in [0.3, 0.4) is 0 Å². The van der Waals surface area contributed by atoms with Gasteiger partial charge < -0.3 is 0 Å². The van der Waals surface area contributed by atoms with E-state index in [9.17, 15) is 33.7 Å². The minimum absolute atomic E-state index is 0.264. The number of hydrogen-bond donors (Lipinski definition) is 2. The zero-order valence-electron chi connectivity index (χ0n) is 20.7. The van der Waals surface area contributed by atoms with Crippen molar-refractivity contribution < 1.29 is 38.6 Å². The van der Waals surface area contributed by atoms with E-state index in [2.05, 4.69) is 0 Å². The van der Waals surface area contributed by atoms with Gasteiger partial charge in [0.2, 0.25) is 0 Å². The SMILES string of the molecule is O=S(=O)(c1ccccc1)N(NONN(S(=O)(=O)c1ccccc1)S(=O)(=O)c1ccccc1)S(=O)(=O)c1ccccc1. The average Bonchev–Trinajstić information content (AvgIpc) is 2.98. The maximum Gasteiger partial charge on any atom is 0.271 e. The normalized spacial score (nSPS) is 12.9. The molecular weight excluding hydrogens is 617 g/mol. The van der Waals surface area contributed by atoms with Crippen LogP contribution in [0.2, 0.25) is 0 Å². The standard InChI is InChI=1S/C24H22N4O9S4/c29-38(30,21-13-5-1-6-14-21)27(39(31,32)22-15-7-2-8-16-22)25-37-26-28(40(33,34)23-17-9-3-10-18-23)41(35,36)24-19-11-4-12-20-24/h1-20,25-26H. The van der Waals surface area contributed by atoms with Crippen LogP contribution in [0.5, 0.6) is 0 Å². The van der Waals surface area contributed by atoms with Crippen LogP contribution in [0.15, 0.2) is 141 Å². The Labute approximate surface area is 237 Å². The molecule has 41 heavy (non-hydrogen) atoms. The van der Waals surface area contributed by atoms with Gasteiger partial charge in [-0.05, 0) is 48.5 Å². The topological polar surface area (TPSA) is 176 Å². The maximum atomic E-state index is 13.4. The summed E-state index contributed by atoms with van der Waals surface area (Å²) in [4.78, 5) is 2.94. The van der Waals surface area contributed by atoms with Gasteiger partial charge in [0.1, 0.15) is 0 Å². The summed E-state index contributed by atoms with van der Waals surface area (Å²) in [5.74, 6) is 0. The molecule has 13 nitrogen and oxygen atoms in total. The summed E-state index contributed by atoms with van der Waals surface area (Å²) in [6.07, 6.45) is 0. The molecule has 0 amide bonds. The van der Waals surface area contributed by atoms with Crippen molar-refractivity contribution in [1.82, 2.24) is 18.8 Å². The van der Waals surface area contributed by atoms with E-state index in [0.717, 1.165) is 48.5 Å². The molecule has 0 aliphatic heterocycles. The smallest absolute Gasteiger partial charge is 0.205 e. The van der Waals surface area contributed by atoms with Gasteiger partial charge in [-0.1, -0.05) is 84.0 Å². The fourth-order valence-corrected chi connectivity index (χ4v) is 9.71. The summed E-state index contributed by atoms with van der Waals surface area (Å²) in [6.45, 7) is 0. The lowest BCUT2D eigenvalue weighted by atomic mass is 10.4. The molecule has 0 spiro atoms. The molecule has 0 bridgehead atoms. The van der Waals surface area contributed by atoms with Crippen LogP contribution in [0.4, 0.5) is 0 Å². The number of nitrogens with zero attached hydrogens (tertiary/aromatic N) is 2. The van der Waals surface area contributed by atoms with Crippen LogP contribution in [0, 0.1) is 0 Å². The second kappa shape index (κ2) is 12.1. The molecule has 0 atom stereocenters. The molecule has 4 aromatic carbocycles. The third-order valence-corrected chi connectivity index (χ3v) is 13.1. The van der Waals surface area contributed by atoms with E-state index in [1.807, 2.05) is 0 Å². The lowest BCUT2D eigenvalue weighted by Gasteiger charge is -2.25. The van der Waals surface area contributed by atoms with Crippen molar-refractivity contribution in [1.29, 1.82) is 0 Å². The van der Waals surface area contributed by atoms with Crippen LogP contribution >= 0.6 is 0 Å². The predicted octanol–water partition coefficient (Wildman–Crippen LogP) is 2.00. The molecule has 0 aromatic heterocycles. The maximum absolute atomic E-state index is 13.4. The summed E-state index contributed by atoms with van der Waals surface area (Å²) in [5.41, 5.74) is 3.30. The van der Waals surface area contributed by atoms with Crippen LogP contribution in [-0.4, -0.2) is 41.3 Å². The van der Waals surface area contributed by atoms with Gasteiger partial charge >= 0.3 is 0 Å². The molecule has 0 fully saturated rings. The summed E-state index contributed by atoms with van der Waals surface area (Å²) in [6, 6.07) is 25.7. The second-order valence-corrected chi connectivity index (χ2v) is 15.6. The Hall–Kier alpha value is -3.52. The number of nitrogens with one attached hydrogen (secondary N) is 2. The Morgan fingerprint density at radius 3 is 0.756 bits per heavy atom. The molecule has 216 valence electrons. The zero-order chi connectivity index (χ0) is 29.7. The first-order valence-corrected chi connectivity index (χ1v) is 17.1. The Kier molecular flexibility index (Phi) is 9.02. The monoisotopic (exact) mass is 638 g/mol. The third kappa shape index (κ3) is 6.38. The van der Waals surface area contributed by atoms with Crippen LogP contribution in [0.25, 0.3) is 0 Å². The van der Waals surface area contributed by atoms with Gasteiger partial charge in [0.25, 0.3) is 40.1 Å². The third-order valence-electron chi connectivity index (χ3n) is 5.28. The average molecular weight is 639 g/mol. The highest BCUT2D eigenvalue weighted by Crippen LogP contribution is 2.24. The Bertz CT molecular complexity index is 1630. The number of hydrazine groups is 2. The molecule has 0 aliphatic rings. The highest BCUT2D eigenvalue weighted by atomic mass is 32.3. The van der Waals surface area contributed by atoms with Crippen molar-refractivity contribution in [3.05, 3.63) is 121 Å². The van der Waals surface area contributed by atoms with Gasteiger partial charge in [-0.2, -0.15) is 4.94 Å². The van der Waals surface area contributed by atoms with E-state index in [-0.39, 0.29) is 7.64 Å². The molecule has 0 heterocycles. The van der Waals surface area contributed by atoms with Crippen LogP contribution in [0.1, 0.15) is 0 Å². The molecular formula is C24H22N4O9S4. The molecule has 0 saturated carbocycles. The lowest BCUT2D eigenvalue weighted by molar-refractivity contribution is -0.113. The van der Waals surface area contributed by atoms with Gasteiger partial charge in [-0.25, -0.2) is 33.7 Å². The first-order chi connectivity index (χ1) is 19.4. The zero-order valence-corrected chi connectivity index (χ0v) is 24.0. The fraction of sp³-hybridized carbons (Fsp3) is 0. The van der Waals surface area contributed by atoms with Gasteiger partial charge in [-0.15, -0.1) is 0 Å². The van der Waals surface area contributed by atoms with Crippen molar-refractivity contribution in [2.75, 3.05) is 0 Å². The van der Waals surface area contributed by atoms with Crippen molar-refractivity contribution in [2.24, 2.45) is 0 Å². The van der Waals surface area contributed by atoms with E-state index in [1.54, 1.807) is 11.2 Å². The van der Waals surface area contributed by atoms with Gasteiger partial charge in [-0.3, -0.25) is 0 Å². The van der Waals surface area contributed by atoms with Crippen LogP contribution < -0.4 is 11.2 Å². The molecule has 4 aromatic rings. The molecule has 17 heteroatoms. The highest BCUT2D eigenvalue weighted by molar-refractivity contribution is 8.04. The summed E-state index contributed by atoms with van der Waals surface area (Å²) >= 11 is 0. The van der Waals surface area contributed by atoms with Crippen molar-refractivity contribution in [3.8, 4) is 0 Å². The quantitative estimate of drug-likeness (QED) is 0.217. The summed E-state index contributed by atoms with van der Waals surface area (Å²) < 4.78 is 107. The van der Waals surface area contributed by atoms with Crippen molar-refractivity contribution >= 4 is 40.1 Å². The number of rotatable bonds is 12. The minimum atomic E-state index is -4.93. The second-order valence-electron chi connectivity index (χ2n) is 7.95. The lowest BCUT2D eigenvalue weighted by Crippen LogP contribution is -2.54.